The number of rotatable bonds is 5. The number of ether oxygens (including phenoxy) is 1. The lowest BCUT2D eigenvalue weighted by atomic mass is 9.88. The highest BCUT2D eigenvalue weighted by molar-refractivity contribution is 14.0. The monoisotopic (exact) mass is 462 g/mol. The Kier molecular flexibility index (Phi) is 7.95. The van der Waals surface area contributed by atoms with E-state index in [2.05, 4.69) is 25.6 Å². The number of nitrogens with zero attached hydrogens (tertiary/aromatic N) is 4. The number of aliphatic imine (C=N–C) groups is 1. The van der Waals surface area contributed by atoms with Crippen LogP contribution in [-0.4, -0.2) is 66.1 Å². The molecule has 0 unspecified atom stereocenters. The van der Waals surface area contributed by atoms with E-state index >= 15 is 0 Å². The third-order valence-electron chi connectivity index (χ3n) is 5.37. The van der Waals surface area contributed by atoms with Crippen molar-refractivity contribution in [2.75, 3.05) is 39.9 Å². The SMILES string of the molecule is CN=C(NCc1ccnn1C)NCC1(N2CCCC2)CCOCC1.I. The van der Waals surface area contributed by atoms with Crippen molar-refractivity contribution >= 4 is 29.9 Å². The Morgan fingerprint density at radius 3 is 2.60 bits per heavy atom. The van der Waals surface area contributed by atoms with Gasteiger partial charge in [0, 0.05) is 45.6 Å². The Morgan fingerprint density at radius 2 is 2.00 bits per heavy atom. The zero-order chi connectivity index (χ0) is 16.8. The van der Waals surface area contributed by atoms with Gasteiger partial charge in [0.05, 0.1) is 12.2 Å². The van der Waals surface area contributed by atoms with Crippen molar-refractivity contribution in [1.82, 2.24) is 25.3 Å². The maximum atomic E-state index is 5.62. The Bertz CT molecular complexity index is 549. The predicted molar refractivity (Wildman–Crippen MR) is 110 cm³/mol. The molecule has 2 saturated heterocycles. The average Bonchev–Trinajstić information content (AvgIpc) is 3.28. The molecule has 3 rings (SSSR count). The van der Waals surface area contributed by atoms with E-state index in [1.807, 2.05) is 31.0 Å². The van der Waals surface area contributed by atoms with Crippen LogP contribution in [0.5, 0.6) is 0 Å². The summed E-state index contributed by atoms with van der Waals surface area (Å²) in [6.45, 7) is 5.78. The van der Waals surface area contributed by atoms with Crippen molar-refractivity contribution in [2.45, 2.75) is 37.8 Å². The number of halogens is 1. The van der Waals surface area contributed by atoms with Crippen LogP contribution in [0.4, 0.5) is 0 Å². The van der Waals surface area contributed by atoms with Crippen molar-refractivity contribution in [3.63, 3.8) is 0 Å². The second-order valence-electron chi connectivity index (χ2n) is 6.76. The highest BCUT2D eigenvalue weighted by atomic mass is 127. The van der Waals surface area contributed by atoms with Gasteiger partial charge in [0.15, 0.2) is 5.96 Å². The third kappa shape index (κ3) is 5.07. The minimum atomic E-state index is 0. The van der Waals surface area contributed by atoms with Gasteiger partial charge < -0.3 is 15.4 Å². The van der Waals surface area contributed by atoms with Crippen LogP contribution >= 0.6 is 24.0 Å². The molecule has 8 heteroatoms. The van der Waals surface area contributed by atoms with Gasteiger partial charge in [0.25, 0.3) is 0 Å². The molecule has 2 N–H and O–H groups in total. The Labute approximate surface area is 167 Å². The van der Waals surface area contributed by atoms with Crippen molar-refractivity contribution in [3.05, 3.63) is 18.0 Å². The van der Waals surface area contributed by atoms with Crippen molar-refractivity contribution in [3.8, 4) is 0 Å². The zero-order valence-electron chi connectivity index (χ0n) is 15.3. The molecule has 142 valence electrons. The topological polar surface area (TPSA) is 66.7 Å². The molecule has 2 fully saturated rings. The lowest BCUT2D eigenvalue weighted by Gasteiger charge is -2.45. The summed E-state index contributed by atoms with van der Waals surface area (Å²) in [5.74, 6) is 0.848. The normalized spacial score (nSPS) is 21.0. The van der Waals surface area contributed by atoms with Crippen LogP contribution in [0.25, 0.3) is 0 Å². The molecule has 0 radical (unpaired) electrons. The minimum Gasteiger partial charge on any atom is -0.381 e. The standard InChI is InChI=1S/C17H30N6O.HI/c1-18-16(19-13-15-5-8-21-22(15)2)20-14-17(6-11-24-12-7-17)23-9-3-4-10-23;/h5,8H,3-4,6-7,9-14H2,1-2H3,(H2,18,19,20);1H. The smallest absolute Gasteiger partial charge is 0.191 e. The maximum absolute atomic E-state index is 5.62. The van der Waals surface area contributed by atoms with Crippen molar-refractivity contribution in [2.24, 2.45) is 12.0 Å². The lowest BCUT2D eigenvalue weighted by Crippen LogP contribution is -2.58. The number of nitrogens with one attached hydrogen (secondary N) is 2. The number of hydrogen-bond acceptors (Lipinski definition) is 4. The van der Waals surface area contributed by atoms with E-state index in [-0.39, 0.29) is 29.5 Å². The second-order valence-corrected chi connectivity index (χ2v) is 6.76. The first-order chi connectivity index (χ1) is 11.7. The van der Waals surface area contributed by atoms with Crippen molar-refractivity contribution < 1.29 is 4.74 Å². The lowest BCUT2D eigenvalue weighted by molar-refractivity contribution is -0.0164. The minimum absolute atomic E-state index is 0. The van der Waals surface area contributed by atoms with Gasteiger partial charge in [-0.05, 0) is 44.8 Å². The first-order valence-corrected chi connectivity index (χ1v) is 8.98. The van der Waals surface area contributed by atoms with Gasteiger partial charge in [0.2, 0.25) is 0 Å². The molecular weight excluding hydrogens is 431 g/mol. The fraction of sp³-hybridized carbons (Fsp3) is 0.765. The molecule has 0 bridgehead atoms. The molecule has 0 saturated carbocycles. The van der Waals surface area contributed by atoms with Crippen molar-refractivity contribution in [1.29, 1.82) is 0 Å². The van der Waals surface area contributed by atoms with Crippen LogP contribution in [0, 0.1) is 0 Å². The van der Waals surface area contributed by atoms with Gasteiger partial charge in [0.1, 0.15) is 0 Å². The molecule has 0 atom stereocenters. The first kappa shape index (κ1) is 20.4. The summed E-state index contributed by atoms with van der Waals surface area (Å²) in [6.07, 6.45) is 6.64. The van der Waals surface area contributed by atoms with Gasteiger partial charge in [-0.1, -0.05) is 0 Å². The fourth-order valence-corrected chi connectivity index (χ4v) is 3.77. The molecule has 0 amide bonds. The largest absolute Gasteiger partial charge is 0.381 e. The summed E-state index contributed by atoms with van der Waals surface area (Å²) < 4.78 is 7.50. The summed E-state index contributed by atoms with van der Waals surface area (Å²) in [6, 6.07) is 2.02. The highest BCUT2D eigenvalue weighted by Gasteiger charge is 2.39. The number of aryl methyl sites for hydroxylation is 1. The molecule has 3 heterocycles. The summed E-state index contributed by atoms with van der Waals surface area (Å²) in [4.78, 5) is 7.04. The molecule has 25 heavy (non-hydrogen) atoms. The van der Waals surface area contributed by atoms with E-state index in [4.69, 9.17) is 4.74 Å². The van der Waals surface area contributed by atoms with E-state index < -0.39 is 0 Å². The quantitative estimate of drug-likeness (QED) is 0.393. The van der Waals surface area contributed by atoms with E-state index in [1.54, 1.807) is 0 Å². The number of hydrogen-bond donors (Lipinski definition) is 2. The molecular formula is C17H31IN6O. The molecule has 7 nitrogen and oxygen atoms in total. The summed E-state index contributed by atoms with van der Waals surface area (Å²) in [5.41, 5.74) is 1.34. The van der Waals surface area contributed by atoms with Gasteiger partial charge in [-0.15, -0.1) is 24.0 Å². The first-order valence-electron chi connectivity index (χ1n) is 8.98. The fourth-order valence-electron chi connectivity index (χ4n) is 3.77. The summed E-state index contributed by atoms with van der Waals surface area (Å²) >= 11 is 0. The Balaban J connectivity index is 0.00000225. The van der Waals surface area contributed by atoms with E-state index in [1.165, 1.54) is 25.9 Å². The second kappa shape index (κ2) is 9.72. The third-order valence-corrected chi connectivity index (χ3v) is 5.37. The molecule has 1 aromatic heterocycles. The Morgan fingerprint density at radius 1 is 1.28 bits per heavy atom. The molecule has 1 aromatic rings. The highest BCUT2D eigenvalue weighted by Crippen LogP contribution is 2.30. The van der Waals surface area contributed by atoms with Gasteiger partial charge >= 0.3 is 0 Å². The summed E-state index contributed by atoms with van der Waals surface area (Å²) in [5, 5.41) is 11.1. The number of guanidine groups is 1. The zero-order valence-corrected chi connectivity index (χ0v) is 17.7. The van der Waals surface area contributed by atoms with Crippen LogP contribution < -0.4 is 10.6 Å². The molecule has 2 aliphatic rings. The van der Waals surface area contributed by atoms with Gasteiger partial charge in [-0.25, -0.2) is 0 Å². The van der Waals surface area contributed by atoms with Crippen LogP contribution in [0.1, 0.15) is 31.4 Å². The maximum Gasteiger partial charge on any atom is 0.191 e. The average molecular weight is 462 g/mol. The van der Waals surface area contributed by atoms with Crippen LogP contribution in [0.3, 0.4) is 0 Å². The number of likely N-dealkylation sites (tertiary alicyclic amines) is 1. The Hall–Kier alpha value is -0.870. The van der Waals surface area contributed by atoms with E-state index in [0.717, 1.165) is 50.8 Å². The molecule has 0 aliphatic carbocycles. The van der Waals surface area contributed by atoms with E-state index in [0.29, 0.717) is 0 Å². The summed E-state index contributed by atoms with van der Waals surface area (Å²) in [7, 11) is 3.78. The van der Waals surface area contributed by atoms with Crippen LogP contribution in [0.2, 0.25) is 0 Å². The molecule has 2 aliphatic heterocycles. The van der Waals surface area contributed by atoms with Crippen LogP contribution in [0.15, 0.2) is 17.3 Å². The predicted octanol–water partition coefficient (Wildman–Crippen LogP) is 1.35. The molecule has 0 aromatic carbocycles. The van der Waals surface area contributed by atoms with Gasteiger partial charge in [-0.3, -0.25) is 14.6 Å². The van der Waals surface area contributed by atoms with Crippen LogP contribution in [-0.2, 0) is 18.3 Å². The van der Waals surface area contributed by atoms with E-state index in [9.17, 15) is 0 Å². The number of aromatic nitrogens is 2. The molecule has 0 spiro atoms. The van der Waals surface area contributed by atoms with Gasteiger partial charge in [-0.2, -0.15) is 5.10 Å².